The van der Waals surface area contributed by atoms with Crippen LogP contribution in [0.1, 0.15) is 32.3 Å². The third-order valence-electron chi connectivity index (χ3n) is 2.97. The first-order valence-electron chi connectivity index (χ1n) is 6.85. The second-order valence-corrected chi connectivity index (χ2v) is 4.80. The lowest BCUT2D eigenvalue weighted by Crippen LogP contribution is -2.37. The summed E-state index contributed by atoms with van der Waals surface area (Å²) < 4.78 is 10.4. The van der Waals surface area contributed by atoms with Crippen LogP contribution in [0.3, 0.4) is 0 Å². The van der Waals surface area contributed by atoms with Crippen LogP contribution in [-0.4, -0.2) is 25.7 Å². The lowest BCUT2D eigenvalue weighted by molar-refractivity contribution is -0.145. The number of esters is 1. The molecule has 0 saturated carbocycles. The van der Waals surface area contributed by atoms with E-state index in [0.29, 0.717) is 23.9 Å². The van der Waals surface area contributed by atoms with Crippen LogP contribution >= 0.6 is 11.6 Å². The van der Waals surface area contributed by atoms with Crippen LogP contribution in [0.15, 0.2) is 18.2 Å². The molecule has 0 aromatic heterocycles. The number of hydrogen-bond acceptors (Lipinski definition) is 4. The molecule has 0 heterocycles. The van der Waals surface area contributed by atoms with Crippen molar-refractivity contribution in [3.05, 3.63) is 28.8 Å². The Labute approximate surface area is 125 Å². The molecule has 5 heteroatoms. The van der Waals surface area contributed by atoms with Crippen LogP contribution in [0.4, 0.5) is 0 Å². The highest BCUT2D eigenvalue weighted by Crippen LogP contribution is 2.26. The highest BCUT2D eigenvalue weighted by molar-refractivity contribution is 6.31. The van der Waals surface area contributed by atoms with Gasteiger partial charge in [-0.15, -0.1) is 0 Å². The molecule has 1 unspecified atom stereocenters. The number of ether oxygens (including phenoxy) is 2. The van der Waals surface area contributed by atoms with E-state index in [1.807, 2.05) is 19.1 Å². The molecule has 0 bridgehead atoms. The zero-order chi connectivity index (χ0) is 15.0. The largest absolute Gasteiger partial charge is 0.496 e. The van der Waals surface area contributed by atoms with E-state index < -0.39 is 0 Å². The molecule has 1 atom stereocenters. The molecule has 1 rings (SSSR count). The van der Waals surface area contributed by atoms with Crippen LogP contribution < -0.4 is 10.1 Å². The second-order valence-electron chi connectivity index (χ2n) is 4.39. The Morgan fingerprint density at radius 2 is 2.15 bits per heavy atom. The third kappa shape index (κ3) is 4.69. The number of halogens is 1. The first-order valence-corrected chi connectivity index (χ1v) is 7.23. The van der Waals surface area contributed by atoms with E-state index >= 15 is 0 Å². The van der Waals surface area contributed by atoms with Gasteiger partial charge in [-0.25, -0.2) is 0 Å². The summed E-state index contributed by atoms with van der Waals surface area (Å²) >= 11 is 6.17. The van der Waals surface area contributed by atoms with Gasteiger partial charge in [0, 0.05) is 17.1 Å². The molecule has 1 aromatic carbocycles. The molecule has 0 radical (unpaired) electrons. The molecule has 0 fully saturated rings. The van der Waals surface area contributed by atoms with Gasteiger partial charge in [0.2, 0.25) is 0 Å². The van der Waals surface area contributed by atoms with E-state index in [2.05, 4.69) is 5.32 Å². The number of rotatable bonds is 8. The zero-order valence-corrected chi connectivity index (χ0v) is 13.0. The molecule has 20 heavy (non-hydrogen) atoms. The fraction of sp³-hybridized carbons (Fsp3) is 0.533. The van der Waals surface area contributed by atoms with Crippen LogP contribution in [0.2, 0.25) is 5.02 Å². The van der Waals surface area contributed by atoms with Crippen molar-refractivity contribution in [1.82, 2.24) is 5.32 Å². The van der Waals surface area contributed by atoms with E-state index in [1.165, 1.54) is 0 Å². The molecule has 0 spiro atoms. The lowest BCUT2D eigenvalue weighted by Gasteiger charge is -2.18. The van der Waals surface area contributed by atoms with Gasteiger partial charge in [0.1, 0.15) is 11.8 Å². The minimum Gasteiger partial charge on any atom is -0.496 e. The monoisotopic (exact) mass is 299 g/mol. The maximum atomic E-state index is 11.8. The van der Waals surface area contributed by atoms with Crippen LogP contribution in [0.25, 0.3) is 0 Å². The molecule has 0 aliphatic heterocycles. The lowest BCUT2D eigenvalue weighted by atomic mass is 10.1. The van der Waals surface area contributed by atoms with Crippen molar-refractivity contribution >= 4 is 17.6 Å². The number of methoxy groups -OCH3 is 1. The number of benzene rings is 1. The van der Waals surface area contributed by atoms with Gasteiger partial charge in [-0.05, 0) is 25.5 Å². The van der Waals surface area contributed by atoms with Gasteiger partial charge in [-0.1, -0.05) is 31.0 Å². The average molecular weight is 300 g/mol. The predicted molar refractivity (Wildman–Crippen MR) is 80.2 cm³/mol. The van der Waals surface area contributed by atoms with Crippen molar-refractivity contribution in [2.45, 2.75) is 39.3 Å². The molecule has 0 saturated heterocycles. The van der Waals surface area contributed by atoms with E-state index in [9.17, 15) is 4.79 Å². The maximum absolute atomic E-state index is 11.8. The van der Waals surface area contributed by atoms with Crippen LogP contribution in [0, 0.1) is 0 Å². The summed E-state index contributed by atoms with van der Waals surface area (Å²) in [5, 5.41) is 3.82. The van der Waals surface area contributed by atoms with Gasteiger partial charge >= 0.3 is 5.97 Å². The van der Waals surface area contributed by atoms with E-state index in [1.54, 1.807) is 20.1 Å². The zero-order valence-electron chi connectivity index (χ0n) is 12.2. The molecular weight excluding hydrogens is 278 g/mol. The summed E-state index contributed by atoms with van der Waals surface area (Å²) in [6, 6.07) is 5.17. The number of nitrogens with one attached hydrogen (secondary N) is 1. The maximum Gasteiger partial charge on any atom is 0.323 e. The Balaban J connectivity index is 2.74. The van der Waals surface area contributed by atoms with E-state index in [4.69, 9.17) is 21.1 Å². The standard InChI is InChI=1S/C15H22ClNO3/c1-4-7-13(15(18)20-5-2)17-10-11-12(16)8-6-9-14(11)19-3/h6,8-9,13,17H,4-5,7,10H2,1-3H3. The quantitative estimate of drug-likeness (QED) is 0.749. The van der Waals surface area contributed by atoms with Crippen molar-refractivity contribution in [3.8, 4) is 5.75 Å². The third-order valence-corrected chi connectivity index (χ3v) is 3.32. The number of carbonyl (C=O) groups is 1. The Hall–Kier alpha value is -1.26. The van der Waals surface area contributed by atoms with Crippen molar-refractivity contribution in [2.75, 3.05) is 13.7 Å². The van der Waals surface area contributed by atoms with Gasteiger partial charge < -0.3 is 14.8 Å². The summed E-state index contributed by atoms with van der Waals surface area (Å²) in [5.74, 6) is 0.490. The summed E-state index contributed by atoms with van der Waals surface area (Å²) in [6.45, 7) is 4.68. The van der Waals surface area contributed by atoms with Gasteiger partial charge in [-0.3, -0.25) is 4.79 Å². The summed E-state index contributed by atoms with van der Waals surface area (Å²) in [6.07, 6.45) is 1.63. The Bertz CT molecular complexity index is 437. The Kier molecular flexibility index (Phi) is 7.41. The fourth-order valence-electron chi connectivity index (χ4n) is 1.96. The van der Waals surface area contributed by atoms with Gasteiger partial charge in [0.25, 0.3) is 0 Å². The molecule has 0 aliphatic carbocycles. The Morgan fingerprint density at radius 3 is 2.75 bits per heavy atom. The molecule has 1 aromatic rings. The fourth-order valence-corrected chi connectivity index (χ4v) is 2.19. The number of carbonyl (C=O) groups excluding carboxylic acids is 1. The van der Waals surface area contributed by atoms with E-state index in [-0.39, 0.29) is 12.0 Å². The highest BCUT2D eigenvalue weighted by Gasteiger charge is 2.19. The Morgan fingerprint density at radius 1 is 1.40 bits per heavy atom. The summed E-state index contributed by atoms with van der Waals surface area (Å²) in [5.41, 5.74) is 0.849. The molecule has 112 valence electrons. The molecule has 0 aliphatic rings. The average Bonchev–Trinajstić information content (AvgIpc) is 2.44. The minimum absolute atomic E-state index is 0.222. The number of hydrogen-bond donors (Lipinski definition) is 1. The van der Waals surface area contributed by atoms with Gasteiger partial charge in [-0.2, -0.15) is 0 Å². The van der Waals surface area contributed by atoms with Crippen LogP contribution in [-0.2, 0) is 16.1 Å². The molecule has 4 nitrogen and oxygen atoms in total. The van der Waals surface area contributed by atoms with Crippen molar-refractivity contribution in [2.24, 2.45) is 0 Å². The molecular formula is C15H22ClNO3. The molecule has 1 N–H and O–H groups in total. The predicted octanol–water partition coefficient (Wildman–Crippen LogP) is 3.17. The SMILES string of the molecule is CCCC(NCc1c(Cl)cccc1OC)C(=O)OCC. The van der Waals surface area contributed by atoms with Crippen molar-refractivity contribution in [1.29, 1.82) is 0 Å². The first kappa shape index (κ1) is 16.8. The summed E-state index contributed by atoms with van der Waals surface area (Å²) in [7, 11) is 1.60. The smallest absolute Gasteiger partial charge is 0.323 e. The molecule has 0 amide bonds. The summed E-state index contributed by atoms with van der Waals surface area (Å²) in [4.78, 5) is 11.8. The van der Waals surface area contributed by atoms with Crippen molar-refractivity contribution < 1.29 is 14.3 Å². The van der Waals surface area contributed by atoms with Crippen molar-refractivity contribution in [3.63, 3.8) is 0 Å². The normalized spacial score (nSPS) is 12.0. The van der Waals surface area contributed by atoms with Crippen LogP contribution in [0.5, 0.6) is 5.75 Å². The topological polar surface area (TPSA) is 47.6 Å². The second kappa shape index (κ2) is 8.82. The first-order chi connectivity index (χ1) is 9.63. The minimum atomic E-state index is -0.319. The van der Waals surface area contributed by atoms with Gasteiger partial charge in [0.05, 0.1) is 13.7 Å². The highest BCUT2D eigenvalue weighted by atomic mass is 35.5. The van der Waals surface area contributed by atoms with Gasteiger partial charge in [0.15, 0.2) is 0 Å². The van der Waals surface area contributed by atoms with E-state index in [0.717, 1.165) is 18.4 Å².